The van der Waals surface area contributed by atoms with Crippen molar-refractivity contribution in [1.29, 1.82) is 5.26 Å². The molecule has 4 aromatic rings. The van der Waals surface area contributed by atoms with E-state index in [1.165, 1.54) is 17.3 Å². The van der Waals surface area contributed by atoms with Gasteiger partial charge in [0.2, 0.25) is 5.91 Å². The highest BCUT2D eigenvalue weighted by Crippen LogP contribution is 2.49. The van der Waals surface area contributed by atoms with Gasteiger partial charge >= 0.3 is 0 Å². The summed E-state index contributed by atoms with van der Waals surface area (Å²) >= 11 is 9.27. The first-order chi connectivity index (χ1) is 18.1. The second-order valence-electron chi connectivity index (χ2n) is 9.11. The summed E-state index contributed by atoms with van der Waals surface area (Å²) in [5.74, 6) is 0.526. The maximum absolute atomic E-state index is 13.6. The van der Waals surface area contributed by atoms with Crippen molar-refractivity contribution in [2.75, 3.05) is 10.7 Å². The summed E-state index contributed by atoms with van der Waals surface area (Å²) in [5, 5.41) is 11.1. The van der Waals surface area contributed by atoms with Crippen LogP contribution in [0.3, 0.4) is 0 Å². The van der Waals surface area contributed by atoms with E-state index >= 15 is 0 Å². The molecule has 1 atom stereocenters. The van der Waals surface area contributed by atoms with E-state index in [-0.39, 0.29) is 11.7 Å². The van der Waals surface area contributed by atoms with Crippen LogP contribution in [0.15, 0.2) is 93.7 Å². The van der Waals surface area contributed by atoms with E-state index in [0.29, 0.717) is 21.5 Å². The number of anilines is 2. The molecular weight excluding hydrogens is 518 g/mol. The average Bonchev–Trinajstić information content (AvgIpc) is 2.94. The van der Waals surface area contributed by atoms with Crippen LogP contribution in [0.4, 0.5) is 11.4 Å². The molecule has 1 aliphatic carbocycles. The smallest absolute Gasteiger partial charge is 0.242 e. The van der Waals surface area contributed by atoms with Crippen molar-refractivity contribution >= 4 is 52.4 Å². The number of amides is 1. The Hall–Kier alpha value is -3.24. The minimum absolute atomic E-state index is 0.0752. The van der Waals surface area contributed by atoms with Gasteiger partial charge in [0.15, 0.2) is 0 Å². The van der Waals surface area contributed by atoms with Crippen LogP contribution in [-0.2, 0) is 17.6 Å². The fourth-order valence-corrected chi connectivity index (χ4v) is 7.07. The number of fused-ring (bicyclic) bond motifs is 3. The van der Waals surface area contributed by atoms with Crippen LogP contribution in [0.1, 0.15) is 34.7 Å². The highest BCUT2D eigenvalue weighted by Gasteiger charge is 2.29. The number of aromatic nitrogens is 1. The first kappa shape index (κ1) is 24.1. The highest BCUT2D eigenvalue weighted by molar-refractivity contribution is 8.00. The molecule has 37 heavy (non-hydrogen) atoms. The Morgan fingerprint density at radius 2 is 1.84 bits per heavy atom. The van der Waals surface area contributed by atoms with Gasteiger partial charge in [-0.05, 0) is 72.7 Å². The van der Waals surface area contributed by atoms with Crippen molar-refractivity contribution in [3.05, 3.63) is 106 Å². The predicted octanol–water partition coefficient (Wildman–Crippen LogP) is 7.80. The van der Waals surface area contributed by atoms with E-state index in [9.17, 15) is 10.1 Å². The second-order valence-corrected chi connectivity index (χ2v) is 11.6. The van der Waals surface area contributed by atoms with Gasteiger partial charge in [-0.3, -0.25) is 9.69 Å². The number of thioether (sulfide) groups is 1. The molecule has 0 saturated heterocycles. The molecule has 0 saturated carbocycles. The third-order valence-corrected chi connectivity index (χ3v) is 9.15. The van der Waals surface area contributed by atoms with Gasteiger partial charge in [0.25, 0.3) is 0 Å². The van der Waals surface area contributed by atoms with Gasteiger partial charge in [0.1, 0.15) is 11.1 Å². The number of aryl methyl sites for hydroxylation is 1. The molecule has 2 heterocycles. The van der Waals surface area contributed by atoms with Gasteiger partial charge < -0.3 is 0 Å². The molecule has 4 nitrogen and oxygen atoms in total. The van der Waals surface area contributed by atoms with Gasteiger partial charge in [-0.25, -0.2) is 4.98 Å². The molecule has 1 amide bonds. The first-order valence-corrected chi connectivity index (χ1v) is 14.3. The number of halogens is 1. The molecule has 0 spiro atoms. The van der Waals surface area contributed by atoms with Crippen LogP contribution in [0.25, 0.3) is 0 Å². The van der Waals surface area contributed by atoms with E-state index in [1.54, 1.807) is 16.7 Å². The number of nitriles is 1. The number of benzene rings is 3. The molecular formula is C30H22ClN3OS2. The van der Waals surface area contributed by atoms with Gasteiger partial charge in [0.05, 0.1) is 22.7 Å². The van der Waals surface area contributed by atoms with Gasteiger partial charge in [-0.1, -0.05) is 77.6 Å². The molecule has 0 fully saturated rings. The Kier molecular flexibility index (Phi) is 6.69. The Labute approximate surface area is 229 Å². The van der Waals surface area contributed by atoms with Crippen molar-refractivity contribution in [3.8, 4) is 6.07 Å². The third-order valence-electron chi connectivity index (χ3n) is 6.81. The van der Waals surface area contributed by atoms with Crippen LogP contribution >= 0.6 is 35.1 Å². The summed E-state index contributed by atoms with van der Waals surface area (Å²) in [5.41, 5.74) is 5.67. The monoisotopic (exact) mass is 539 g/mol. The summed E-state index contributed by atoms with van der Waals surface area (Å²) < 4.78 is 0. The molecule has 6 rings (SSSR count). The summed E-state index contributed by atoms with van der Waals surface area (Å²) in [6, 6.07) is 28.3. The van der Waals surface area contributed by atoms with Gasteiger partial charge in [0, 0.05) is 20.5 Å². The lowest BCUT2D eigenvalue weighted by Crippen LogP contribution is -2.30. The fourth-order valence-electron chi connectivity index (χ4n) is 5.04. The number of carbonyl (C=O) groups excluding carboxylic acids is 1. The molecule has 2 aliphatic rings. The zero-order chi connectivity index (χ0) is 25.4. The quantitative estimate of drug-likeness (QED) is 0.248. The second kappa shape index (κ2) is 10.3. The molecule has 7 heteroatoms. The zero-order valence-electron chi connectivity index (χ0n) is 19.9. The summed E-state index contributed by atoms with van der Waals surface area (Å²) in [6.45, 7) is 0. The van der Waals surface area contributed by atoms with Crippen LogP contribution in [-0.4, -0.2) is 16.6 Å². The number of hydrogen-bond donors (Lipinski definition) is 0. The molecule has 0 N–H and O–H groups in total. The molecule has 0 bridgehead atoms. The summed E-state index contributed by atoms with van der Waals surface area (Å²) in [7, 11) is 0. The average molecular weight is 540 g/mol. The summed E-state index contributed by atoms with van der Waals surface area (Å²) in [4.78, 5) is 22.3. The number of pyridine rings is 1. The maximum Gasteiger partial charge on any atom is 0.242 e. The van der Waals surface area contributed by atoms with Crippen molar-refractivity contribution in [1.82, 2.24) is 4.98 Å². The molecule has 1 aliphatic heterocycles. The summed E-state index contributed by atoms with van der Waals surface area (Å²) in [6.07, 6.45) is 2.77. The van der Waals surface area contributed by atoms with Crippen LogP contribution < -0.4 is 4.90 Å². The largest absolute Gasteiger partial charge is 0.278 e. The molecule has 182 valence electrons. The zero-order valence-corrected chi connectivity index (χ0v) is 22.2. The molecule has 3 aromatic carbocycles. The maximum atomic E-state index is 13.6. The lowest BCUT2D eigenvalue weighted by molar-refractivity contribution is -0.115. The van der Waals surface area contributed by atoms with Crippen LogP contribution in [0.5, 0.6) is 0 Å². The number of nitrogens with zero attached hydrogens (tertiary/aromatic N) is 3. The van der Waals surface area contributed by atoms with E-state index < -0.39 is 0 Å². The number of hydrogen-bond acceptors (Lipinski definition) is 5. The molecule has 1 unspecified atom stereocenters. The normalized spacial score (nSPS) is 15.8. The van der Waals surface area contributed by atoms with E-state index in [1.807, 2.05) is 54.6 Å². The fraction of sp³-hybridized carbons (Fsp3) is 0.167. The minimum atomic E-state index is -0.0752. The minimum Gasteiger partial charge on any atom is -0.278 e. The van der Waals surface area contributed by atoms with E-state index in [4.69, 9.17) is 16.6 Å². The van der Waals surface area contributed by atoms with Gasteiger partial charge in [-0.2, -0.15) is 5.26 Å². The highest BCUT2D eigenvalue weighted by atomic mass is 35.5. The standard InChI is InChI=1S/C30H22ClN3OS2/c31-23-11-13-28-26(16-23)34(25-8-4-5-9-27(25)37-28)29(35)18-36-30-22(17-32)15-21-14-20(10-12-24(21)33-30)19-6-2-1-3-7-19/h1-9,11,13,15-16,20H,10,12,14,18H2. The van der Waals surface area contributed by atoms with E-state index in [0.717, 1.165) is 51.7 Å². The SMILES string of the molecule is N#Cc1cc2c(nc1SCC(=O)N1c3ccccc3Sc3ccc(Cl)cc31)CCC(c1ccccc1)C2. The molecule has 0 radical (unpaired) electrons. The molecule has 1 aromatic heterocycles. The number of carbonyl (C=O) groups is 1. The van der Waals surface area contributed by atoms with E-state index in [2.05, 4.69) is 30.3 Å². The van der Waals surface area contributed by atoms with Crippen molar-refractivity contribution < 1.29 is 4.79 Å². The Morgan fingerprint density at radius 3 is 2.68 bits per heavy atom. The van der Waals surface area contributed by atoms with Crippen molar-refractivity contribution in [3.63, 3.8) is 0 Å². The Bertz CT molecular complexity index is 1550. The predicted molar refractivity (Wildman–Crippen MR) is 150 cm³/mol. The lowest BCUT2D eigenvalue weighted by atomic mass is 9.82. The van der Waals surface area contributed by atoms with Crippen molar-refractivity contribution in [2.24, 2.45) is 0 Å². The first-order valence-electron chi connectivity index (χ1n) is 12.1. The Morgan fingerprint density at radius 1 is 1.05 bits per heavy atom. The van der Waals surface area contributed by atoms with Crippen LogP contribution in [0, 0.1) is 11.3 Å². The third kappa shape index (κ3) is 4.75. The van der Waals surface area contributed by atoms with Gasteiger partial charge in [-0.15, -0.1) is 0 Å². The Balaban J connectivity index is 1.25. The number of rotatable bonds is 4. The van der Waals surface area contributed by atoms with Crippen LogP contribution in [0.2, 0.25) is 5.02 Å². The number of para-hydroxylation sites is 1. The lowest BCUT2D eigenvalue weighted by Gasteiger charge is -2.31. The van der Waals surface area contributed by atoms with Crippen molar-refractivity contribution in [2.45, 2.75) is 40.0 Å². The topological polar surface area (TPSA) is 57.0 Å².